The van der Waals surface area contributed by atoms with Crippen molar-refractivity contribution >= 4 is 28.9 Å². The van der Waals surface area contributed by atoms with Crippen molar-refractivity contribution in [3.05, 3.63) is 47.9 Å². The number of hydrogen-bond acceptors (Lipinski definition) is 5. The second-order valence-corrected chi connectivity index (χ2v) is 4.81. The molecule has 0 aliphatic heterocycles. The Hall–Kier alpha value is -2.60. The maximum absolute atomic E-state index is 5.88. The summed E-state index contributed by atoms with van der Waals surface area (Å²) < 4.78 is 1.72. The van der Waals surface area contributed by atoms with Gasteiger partial charge in [-0.1, -0.05) is 41.9 Å². The van der Waals surface area contributed by atoms with E-state index in [9.17, 15) is 0 Å². The van der Waals surface area contributed by atoms with E-state index in [2.05, 4.69) is 20.4 Å². The van der Waals surface area contributed by atoms with Gasteiger partial charge in [-0.2, -0.15) is 5.10 Å². The summed E-state index contributed by atoms with van der Waals surface area (Å²) >= 11 is 5.88. The standard InChI is InChI=1S/C14H13ClN6/c1-21-11(19-14-12(16)13(15)17-8-18-14)7-10(20-21)9-5-3-2-4-6-9/h2-8H,16H2,1H3,(H,17,18,19). The molecule has 0 bridgehead atoms. The van der Waals surface area contributed by atoms with Crippen LogP contribution in [0.2, 0.25) is 5.15 Å². The predicted octanol–water partition coefficient (Wildman–Crippen LogP) is 2.86. The average Bonchev–Trinajstić information content (AvgIpc) is 2.86. The van der Waals surface area contributed by atoms with Crippen LogP contribution < -0.4 is 11.1 Å². The number of aryl methyl sites for hydroxylation is 1. The minimum Gasteiger partial charge on any atom is -0.393 e. The summed E-state index contributed by atoms with van der Waals surface area (Å²) in [5.74, 6) is 1.22. The molecule has 2 heterocycles. The average molecular weight is 301 g/mol. The molecular weight excluding hydrogens is 288 g/mol. The molecule has 0 amide bonds. The number of nitrogen functional groups attached to an aromatic ring is 1. The van der Waals surface area contributed by atoms with Gasteiger partial charge in [0.15, 0.2) is 11.0 Å². The molecule has 0 saturated heterocycles. The number of benzene rings is 1. The van der Waals surface area contributed by atoms with Crippen molar-refractivity contribution in [2.75, 3.05) is 11.1 Å². The third-order valence-corrected chi connectivity index (χ3v) is 3.33. The van der Waals surface area contributed by atoms with E-state index in [-0.39, 0.29) is 5.15 Å². The zero-order chi connectivity index (χ0) is 14.8. The summed E-state index contributed by atoms with van der Waals surface area (Å²) in [7, 11) is 1.84. The van der Waals surface area contributed by atoms with E-state index in [1.165, 1.54) is 6.33 Å². The predicted molar refractivity (Wildman–Crippen MR) is 83.4 cm³/mol. The number of nitrogens with two attached hydrogens (primary N) is 1. The summed E-state index contributed by atoms with van der Waals surface area (Å²) in [6.07, 6.45) is 1.36. The third-order valence-electron chi connectivity index (χ3n) is 3.03. The van der Waals surface area contributed by atoms with Gasteiger partial charge in [0.05, 0.1) is 5.69 Å². The zero-order valence-corrected chi connectivity index (χ0v) is 12.0. The molecule has 3 N–H and O–H groups in total. The first-order chi connectivity index (χ1) is 10.1. The Kier molecular flexibility index (Phi) is 3.45. The van der Waals surface area contributed by atoms with Crippen LogP contribution in [0.15, 0.2) is 42.7 Å². The number of rotatable bonds is 3. The molecule has 106 valence electrons. The second kappa shape index (κ2) is 5.41. The largest absolute Gasteiger partial charge is 0.393 e. The van der Waals surface area contributed by atoms with Crippen molar-refractivity contribution in [2.45, 2.75) is 0 Å². The van der Waals surface area contributed by atoms with E-state index in [0.29, 0.717) is 11.5 Å². The number of aromatic nitrogens is 4. The Morgan fingerprint density at radius 3 is 2.71 bits per heavy atom. The van der Waals surface area contributed by atoms with Crippen LogP contribution in [0.3, 0.4) is 0 Å². The SMILES string of the molecule is Cn1nc(-c2ccccc2)cc1Nc1ncnc(Cl)c1N. The minimum absolute atomic E-state index is 0.220. The molecule has 0 unspecified atom stereocenters. The van der Waals surface area contributed by atoms with Gasteiger partial charge < -0.3 is 11.1 Å². The topological polar surface area (TPSA) is 81.7 Å². The van der Waals surface area contributed by atoms with Crippen LogP contribution in [-0.2, 0) is 7.05 Å². The highest BCUT2D eigenvalue weighted by Crippen LogP contribution is 2.27. The van der Waals surface area contributed by atoms with Crippen molar-refractivity contribution in [1.82, 2.24) is 19.7 Å². The second-order valence-electron chi connectivity index (χ2n) is 4.46. The van der Waals surface area contributed by atoms with E-state index in [1.54, 1.807) is 4.68 Å². The van der Waals surface area contributed by atoms with Gasteiger partial charge in [0.25, 0.3) is 0 Å². The number of halogens is 1. The molecule has 0 radical (unpaired) electrons. The first kappa shape index (κ1) is 13.4. The van der Waals surface area contributed by atoms with Crippen LogP contribution in [0.1, 0.15) is 0 Å². The molecule has 7 heteroatoms. The summed E-state index contributed by atoms with van der Waals surface area (Å²) in [6, 6.07) is 11.8. The minimum atomic E-state index is 0.220. The van der Waals surface area contributed by atoms with E-state index in [4.69, 9.17) is 17.3 Å². The number of nitrogens with one attached hydrogen (secondary N) is 1. The van der Waals surface area contributed by atoms with E-state index in [0.717, 1.165) is 17.1 Å². The van der Waals surface area contributed by atoms with Gasteiger partial charge >= 0.3 is 0 Å². The van der Waals surface area contributed by atoms with Crippen LogP contribution in [0.5, 0.6) is 0 Å². The van der Waals surface area contributed by atoms with Crippen LogP contribution in [0, 0.1) is 0 Å². The third kappa shape index (κ3) is 2.66. The van der Waals surface area contributed by atoms with Crippen molar-refractivity contribution in [1.29, 1.82) is 0 Å². The van der Waals surface area contributed by atoms with Crippen LogP contribution in [0.4, 0.5) is 17.3 Å². The number of anilines is 3. The summed E-state index contributed by atoms with van der Waals surface area (Å²) in [5, 5.41) is 7.80. The van der Waals surface area contributed by atoms with Crippen molar-refractivity contribution in [3.63, 3.8) is 0 Å². The van der Waals surface area contributed by atoms with E-state index >= 15 is 0 Å². The zero-order valence-electron chi connectivity index (χ0n) is 11.3. The molecule has 0 spiro atoms. The molecule has 6 nitrogen and oxygen atoms in total. The van der Waals surface area contributed by atoms with Gasteiger partial charge in [0.1, 0.15) is 17.8 Å². The lowest BCUT2D eigenvalue weighted by Crippen LogP contribution is -2.04. The first-order valence-corrected chi connectivity index (χ1v) is 6.65. The fourth-order valence-electron chi connectivity index (χ4n) is 1.93. The van der Waals surface area contributed by atoms with Gasteiger partial charge in [-0.15, -0.1) is 0 Å². The van der Waals surface area contributed by atoms with Gasteiger partial charge in [-0.05, 0) is 0 Å². The highest BCUT2D eigenvalue weighted by Gasteiger charge is 2.11. The Morgan fingerprint density at radius 1 is 1.19 bits per heavy atom. The van der Waals surface area contributed by atoms with Crippen molar-refractivity contribution < 1.29 is 0 Å². The lowest BCUT2D eigenvalue weighted by molar-refractivity contribution is 0.779. The van der Waals surface area contributed by atoms with Gasteiger partial charge in [0.2, 0.25) is 0 Å². The maximum atomic E-state index is 5.88. The molecular formula is C14H13ClN6. The van der Waals surface area contributed by atoms with Crippen molar-refractivity contribution in [2.24, 2.45) is 7.05 Å². The molecule has 0 aliphatic rings. The molecule has 0 aliphatic carbocycles. The van der Waals surface area contributed by atoms with Crippen LogP contribution >= 0.6 is 11.6 Å². The summed E-state index contributed by atoms with van der Waals surface area (Å²) in [6.45, 7) is 0. The van der Waals surface area contributed by atoms with Crippen LogP contribution in [-0.4, -0.2) is 19.7 Å². The summed E-state index contributed by atoms with van der Waals surface area (Å²) in [4.78, 5) is 7.91. The van der Waals surface area contributed by atoms with Gasteiger partial charge in [0, 0.05) is 18.7 Å². The molecule has 3 rings (SSSR count). The molecule has 1 aromatic carbocycles. The van der Waals surface area contributed by atoms with E-state index in [1.807, 2.05) is 43.4 Å². The summed E-state index contributed by atoms with van der Waals surface area (Å²) in [5.41, 5.74) is 8.05. The number of nitrogens with zero attached hydrogens (tertiary/aromatic N) is 4. The lowest BCUT2D eigenvalue weighted by Gasteiger charge is -2.07. The van der Waals surface area contributed by atoms with Gasteiger partial charge in [-0.3, -0.25) is 4.68 Å². The Bertz CT molecular complexity index is 768. The Balaban J connectivity index is 1.94. The van der Waals surface area contributed by atoms with Crippen LogP contribution in [0.25, 0.3) is 11.3 Å². The van der Waals surface area contributed by atoms with Gasteiger partial charge in [-0.25, -0.2) is 9.97 Å². The molecule has 2 aromatic heterocycles. The smallest absolute Gasteiger partial charge is 0.159 e. The first-order valence-electron chi connectivity index (χ1n) is 6.27. The molecule has 21 heavy (non-hydrogen) atoms. The highest BCUT2D eigenvalue weighted by atomic mass is 35.5. The normalized spacial score (nSPS) is 10.6. The lowest BCUT2D eigenvalue weighted by atomic mass is 10.2. The molecule has 0 atom stereocenters. The highest BCUT2D eigenvalue weighted by molar-refractivity contribution is 6.32. The number of hydrogen-bond donors (Lipinski definition) is 2. The molecule has 0 fully saturated rings. The van der Waals surface area contributed by atoms with Crippen molar-refractivity contribution in [3.8, 4) is 11.3 Å². The fraction of sp³-hybridized carbons (Fsp3) is 0.0714. The monoisotopic (exact) mass is 300 g/mol. The Morgan fingerprint density at radius 2 is 1.95 bits per heavy atom. The molecule has 3 aromatic rings. The molecule has 0 saturated carbocycles. The Labute approximate surface area is 126 Å². The van der Waals surface area contributed by atoms with E-state index < -0.39 is 0 Å². The fourth-order valence-corrected chi connectivity index (χ4v) is 2.06. The maximum Gasteiger partial charge on any atom is 0.159 e. The quantitative estimate of drug-likeness (QED) is 0.727.